The maximum atomic E-state index is 13.1. The van der Waals surface area contributed by atoms with Crippen molar-refractivity contribution in [1.82, 2.24) is 9.55 Å². The summed E-state index contributed by atoms with van der Waals surface area (Å²) in [5.74, 6) is 0.519. The second kappa shape index (κ2) is 6.30. The van der Waals surface area contributed by atoms with Gasteiger partial charge in [0.2, 0.25) is 0 Å². The van der Waals surface area contributed by atoms with Gasteiger partial charge in [0.05, 0.1) is 11.9 Å². The first kappa shape index (κ1) is 15.2. The highest BCUT2D eigenvalue weighted by molar-refractivity contribution is 7.18. The molecule has 3 nitrogen and oxygen atoms in total. The smallest absolute Gasteiger partial charge is 0.263 e. The van der Waals surface area contributed by atoms with Crippen LogP contribution in [0.1, 0.15) is 0 Å². The summed E-state index contributed by atoms with van der Waals surface area (Å²) in [5, 5.41) is 4.51. The number of alkyl halides is 1. The molecule has 120 valence electrons. The van der Waals surface area contributed by atoms with Gasteiger partial charge in [0.25, 0.3) is 5.56 Å². The molecular formula is C18H13FN2OS2. The standard InChI is InChI=1S/C18H13FN2OS2/c19-8-9-21-16(12-5-2-1-3-6-12)20-17-15(18(21)22)13(11-24-17)14-7-4-10-23-14/h1-7,10-11H,8-9H2. The van der Waals surface area contributed by atoms with E-state index in [9.17, 15) is 9.18 Å². The lowest BCUT2D eigenvalue weighted by Gasteiger charge is -2.11. The normalized spacial score (nSPS) is 11.2. The first-order valence-corrected chi connectivity index (χ1v) is 9.23. The van der Waals surface area contributed by atoms with Crippen molar-refractivity contribution < 1.29 is 4.39 Å². The molecule has 4 rings (SSSR count). The Hall–Kier alpha value is -2.31. The lowest BCUT2D eigenvalue weighted by atomic mass is 10.1. The van der Waals surface area contributed by atoms with Crippen LogP contribution >= 0.6 is 22.7 Å². The van der Waals surface area contributed by atoms with Crippen molar-refractivity contribution in [2.24, 2.45) is 0 Å². The van der Waals surface area contributed by atoms with Gasteiger partial charge in [-0.3, -0.25) is 9.36 Å². The number of hydrogen-bond donors (Lipinski definition) is 0. The Kier molecular flexibility index (Phi) is 4.00. The fraction of sp³-hybridized carbons (Fsp3) is 0.111. The number of aromatic nitrogens is 2. The zero-order chi connectivity index (χ0) is 16.5. The first-order valence-electron chi connectivity index (χ1n) is 7.47. The Morgan fingerprint density at radius 1 is 1.08 bits per heavy atom. The number of fused-ring (bicyclic) bond motifs is 1. The molecule has 6 heteroatoms. The molecule has 0 radical (unpaired) electrons. The lowest BCUT2D eigenvalue weighted by molar-refractivity contribution is 0.441. The van der Waals surface area contributed by atoms with Gasteiger partial charge in [-0.05, 0) is 11.4 Å². The van der Waals surface area contributed by atoms with E-state index >= 15 is 0 Å². The van der Waals surface area contributed by atoms with E-state index in [2.05, 4.69) is 4.98 Å². The van der Waals surface area contributed by atoms with Crippen molar-refractivity contribution in [2.45, 2.75) is 6.54 Å². The summed E-state index contributed by atoms with van der Waals surface area (Å²) >= 11 is 3.03. The van der Waals surface area contributed by atoms with E-state index in [1.54, 1.807) is 11.3 Å². The molecule has 1 aromatic carbocycles. The minimum absolute atomic E-state index is 0.00568. The Morgan fingerprint density at radius 3 is 2.62 bits per heavy atom. The molecule has 0 saturated heterocycles. The van der Waals surface area contributed by atoms with E-state index in [0.29, 0.717) is 16.0 Å². The van der Waals surface area contributed by atoms with E-state index in [4.69, 9.17) is 0 Å². The van der Waals surface area contributed by atoms with Crippen LogP contribution in [0.5, 0.6) is 0 Å². The van der Waals surface area contributed by atoms with Gasteiger partial charge in [0.15, 0.2) is 0 Å². The second-order valence-corrected chi connectivity index (χ2v) is 7.06. The van der Waals surface area contributed by atoms with Gasteiger partial charge < -0.3 is 0 Å². The number of nitrogens with zero attached hydrogens (tertiary/aromatic N) is 2. The van der Waals surface area contributed by atoms with Gasteiger partial charge >= 0.3 is 0 Å². The number of benzene rings is 1. The van der Waals surface area contributed by atoms with Gasteiger partial charge in [0, 0.05) is 21.4 Å². The molecule has 3 aromatic heterocycles. The average Bonchev–Trinajstić information content (AvgIpc) is 3.27. The Bertz CT molecular complexity index is 1040. The van der Waals surface area contributed by atoms with Gasteiger partial charge in [-0.25, -0.2) is 9.37 Å². The summed E-state index contributed by atoms with van der Waals surface area (Å²) in [6.45, 7) is -0.600. The summed E-state index contributed by atoms with van der Waals surface area (Å²) < 4.78 is 14.5. The fourth-order valence-electron chi connectivity index (χ4n) is 2.74. The maximum Gasteiger partial charge on any atom is 0.263 e. The number of hydrogen-bond acceptors (Lipinski definition) is 4. The SMILES string of the molecule is O=c1c2c(-c3cccs3)csc2nc(-c2ccccc2)n1CCF. The van der Waals surface area contributed by atoms with Crippen LogP contribution in [-0.2, 0) is 6.54 Å². The van der Waals surface area contributed by atoms with Crippen molar-refractivity contribution >= 4 is 32.9 Å². The third-order valence-electron chi connectivity index (χ3n) is 3.82. The van der Waals surface area contributed by atoms with Gasteiger partial charge in [-0.1, -0.05) is 36.4 Å². The molecule has 0 N–H and O–H groups in total. The van der Waals surface area contributed by atoms with Crippen molar-refractivity contribution in [3.8, 4) is 21.8 Å². The largest absolute Gasteiger partial charge is 0.289 e. The van der Waals surface area contributed by atoms with Crippen LogP contribution in [0.25, 0.3) is 32.0 Å². The minimum Gasteiger partial charge on any atom is -0.289 e. The van der Waals surface area contributed by atoms with Crippen molar-refractivity contribution in [3.05, 3.63) is 63.6 Å². The van der Waals surface area contributed by atoms with E-state index in [1.165, 1.54) is 15.9 Å². The van der Waals surface area contributed by atoms with Crippen molar-refractivity contribution in [3.63, 3.8) is 0 Å². The van der Waals surface area contributed by atoms with Crippen molar-refractivity contribution in [2.75, 3.05) is 6.67 Å². The molecule has 0 atom stereocenters. The van der Waals surface area contributed by atoms with E-state index in [1.807, 2.05) is 53.2 Å². The highest BCUT2D eigenvalue weighted by Gasteiger charge is 2.18. The van der Waals surface area contributed by atoms with E-state index < -0.39 is 6.67 Å². The van der Waals surface area contributed by atoms with Gasteiger partial charge in [-0.2, -0.15) is 0 Å². The Balaban J connectivity index is 2.03. The molecule has 4 aromatic rings. The Labute approximate surface area is 145 Å². The van der Waals surface area contributed by atoms with Crippen LogP contribution in [0.4, 0.5) is 4.39 Å². The molecular weight excluding hydrogens is 343 g/mol. The topological polar surface area (TPSA) is 34.9 Å². The number of thiophene rings is 2. The number of rotatable bonds is 4. The summed E-state index contributed by atoms with van der Waals surface area (Å²) in [5.41, 5.74) is 1.52. The molecule has 0 bridgehead atoms. The summed E-state index contributed by atoms with van der Waals surface area (Å²) in [6.07, 6.45) is 0. The number of halogens is 1. The van der Waals surface area contributed by atoms with Crippen LogP contribution in [-0.4, -0.2) is 16.2 Å². The molecule has 24 heavy (non-hydrogen) atoms. The highest BCUT2D eigenvalue weighted by atomic mass is 32.1. The monoisotopic (exact) mass is 356 g/mol. The van der Waals surface area contributed by atoms with Crippen LogP contribution in [0, 0.1) is 0 Å². The molecule has 0 fully saturated rings. The summed E-state index contributed by atoms with van der Waals surface area (Å²) in [7, 11) is 0. The third kappa shape index (κ3) is 2.48. The Morgan fingerprint density at radius 2 is 1.92 bits per heavy atom. The lowest BCUT2D eigenvalue weighted by Crippen LogP contribution is -2.24. The molecule has 0 spiro atoms. The molecule has 0 saturated carbocycles. The third-order valence-corrected chi connectivity index (χ3v) is 5.60. The summed E-state index contributed by atoms with van der Waals surface area (Å²) in [4.78, 5) is 19.5. The van der Waals surface area contributed by atoms with E-state index in [-0.39, 0.29) is 12.1 Å². The zero-order valence-corrected chi connectivity index (χ0v) is 14.2. The van der Waals surface area contributed by atoms with Crippen LogP contribution in [0.3, 0.4) is 0 Å². The molecule has 0 amide bonds. The molecule has 0 aliphatic carbocycles. The molecule has 3 heterocycles. The van der Waals surface area contributed by atoms with Gasteiger partial charge in [-0.15, -0.1) is 22.7 Å². The van der Waals surface area contributed by atoms with Gasteiger partial charge in [0.1, 0.15) is 17.3 Å². The predicted molar refractivity (Wildman–Crippen MR) is 98.6 cm³/mol. The quantitative estimate of drug-likeness (QED) is 0.525. The second-order valence-electron chi connectivity index (χ2n) is 5.25. The average molecular weight is 356 g/mol. The minimum atomic E-state index is -0.606. The van der Waals surface area contributed by atoms with E-state index in [0.717, 1.165) is 16.0 Å². The maximum absolute atomic E-state index is 13.1. The molecule has 0 aliphatic rings. The zero-order valence-electron chi connectivity index (χ0n) is 12.6. The summed E-state index contributed by atoms with van der Waals surface area (Å²) in [6, 6.07) is 13.4. The van der Waals surface area contributed by atoms with Crippen LogP contribution < -0.4 is 5.56 Å². The highest BCUT2D eigenvalue weighted by Crippen LogP contribution is 2.34. The fourth-order valence-corrected chi connectivity index (χ4v) is 4.49. The molecule has 0 unspecified atom stereocenters. The first-order chi connectivity index (χ1) is 11.8. The van der Waals surface area contributed by atoms with Crippen LogP contribution in [0.2, 0.25) is 0 Å². The molecule has 0 aliphatic heterocycles. The van der Waals surface area contributed by atoms with Crippen molar-refractivity contribution in [1.29, 1.82) is 0 Å². The van der Waals surface area contributed by atoms with Crippen LogP contribution in [0.15, 0.2) is 58.0 Å². The predicted octanol–water partition coefficient (Wildman–Crippen LogP) is 4.82.